The molecule has 1 aromatic carbocycles. The van der Waals surface area contributed by atoms with Crippen molar-refractivity contribution in [3.05, 3.63) is 18.2 Å². The number of hydrogen-bond donors (Lipinski definition) is 1. The number of hydrogen-bond acceptors (Lipinski definition) is 3. The molecule has 3 nitrogen and oxygen atoms in total. The summed E-state index contributed by atoms with van der Waals surface area (Å²) < 4.78 is 11.5. The predicted molar refractivity (Wildman–Crippen MR) is 55.4 cm³/mol. The number of nitrogens with two attached hydrogens (primary N) is 1. The summed E-state index contributed by atoms with van der Waals surface area (Å²) in [6.07, 6.45) is 1.66. The molecule has 0 unspecified atom stereocenters. The number of anilines is 1. The zero-order valence-corrected chi connectivity index (χ0v) is 8.54. The van der Waals surface area contributed by atoms with E-state index in [0.29, 0.717) is 5.69 Å². The molecule has 0 aliphatic carbocycles. The fraction of sp³-hybridized carbons (Fsp3) is 0.455. The van der Waals surface area contributed by atoms with Crippen molar-refractivity contribution >= 4 is 5.69 Å². The van der Waals surface area contributed by atoms with Gasteiger partial charge in [0.1, 0.15) is 0 Å². The van der Waals surface area contributed by atoms with Crippen molar-refractivity contribution in [1.29, 1.82) is 0 Å². The second kappa shape index (κ2) is 3.08. The Morgan fingerprint density at radius 1 is 1.14 bits per heavy atom. The third kappa shape index (κ3) is 1.29. The van der Waals surface area contributed by atoms with Crippen molar-refractivity contribution in [2.75, 3.05) is 5.73 Å². The van der Waals surface area contributed by atoms with Gasteiger partial charge in [0.25, 0.3) is 5.79 Å². The van der Waals surface area contributed by atoms with Crippen LogP contribution in [0.1, 0.15) is 26.7 Å². The lowest BCUT2D eigenvalue weighted by Gasteiger charge is -2.24. The number of nitrogen functional groups attached to an aromatic ring is 1. The topological polar surface area (TPSA) is 44.5 Å². The molecular weight excluding hydrogens is 178 g/mol. The van der Waals surface area contributed by atoms with Gasteiger partial charge in [0.2, 0.25) is 0 Å². The van der Waals surface area contributed by atoms with Gasteiger partial charge in [-0.3, -0.25) is 0 Å². The third-order valence-electron chi connectivity index (χ3n) is 2.64. The van der Waals surface area contributed by atoms with Gasteiger partial charge >= 0.3 is 0 Å². The minimum absolute atomic E-state index is 0.476. The van der Waals surface area contributed by atoms with E-state index in [0.717, 1.165) is 24.3 Å². The number of rotatable bonds is 2. The van der Waals surface area contributed by atoms with Crippen LogP contribution in [0.4, 0.5) is 5.69 Å². The third-order valence-corrected chi connectivity index (χ3v) is 2.64. The lowest BCUT2D eigenvalue weighted by molar-refractivity contribution is -0.0843. The maximum absolute atomic E-state index is 5.77. The van der Waals surface area contributed by atoms with Crippen LogP contribution in [0.3, 0.4) is 0 Å². The van der Waals surface area contributed by atoms with E-state index in [1.54, 1.807) is 0 Å². The van der Waals surface area contributed by atoms with Crippen LogP contribution >= 0.6 is 0 Å². The second-order valence-corrected chi connectivity index (χ2v) is 3.53. The van der Waals surface area contributed by atoms with Crippen molar-refractivity contribution < 1.29 is 9.47 Å². The molecule has 0 aromatic heterocycles. The molecule has 0 fully saturated rings. The van der Waals surface area contributed by atoms with Crippen molar-refractivity contribution in [1.82, 2.24) is 0 Å². The quantitative estimate of drug-likeness (QED) is 0.734. The number of fused-ring (bicyclic) bond motifs is 1. The SMILES string of the molecule is CCC1(CC)Oc2ccc(N)cc2O1. The first-order valence-corrected chi connectivity index (χ1v) is 4.96. The fourth-order valence-electron chi connectivity index (χ4n) is 1.65. The van der Waals surface area contributed by atoms with E-state index in [1.165, 1.54) is 0 Å². The lowest BCUT2D eigenvalue weighted by atomic mass is 10.1. The van der Waals surface area contributed by atoms with Gasteiger partial charge in [-0.2, -0.15) is 0 Å². The molecule has 2 N–H and O–H groups in total. The first kappa shape index (κ1) is 9.19. The molecule has 0 saturated carbocycles. The van der Waals surface area contributed by atoms with Crippen LogP contribution in [0, 0.1) is 0 Å². The highest BCUT2D eigenvalue weighted by atomic mass is 16.7. The van der Waals surface area contributed by atoms with Gasteiger partial charge in [-0.05, 0) is 12.1 Å². The summed E-state index contributed by atoms with van der Waals surface area (Å²) >= 11 is 0. The molecule has 0 atom stereocenters. The van der Waals surface area contributed by atoms with Gasteiger partial charge in [0, 0.05) is 24.6 Å². The van der Waals surface area contributed by atoms with Crippen LogP contribution in [0.2, 0.25) is 0 Å². The largest absolute Gasteiger partial charge is 0.448 e. The highest BCUT2D eigenvalue weighted by molar-refractivity contribution is 5.53. The van der Waals surface area contributed by atoms with E-state index in [9.17, 15) is 0 Å². The molecule has 1 aliphatic rings. The van der Waals surface area contributed by atoms with E-state index < -0.39 is 5.79 Å². The number of ether oxygens (including phenoxy) is 2. The van der Waals surface area contributed by atoms with Crippen LogP contribution < -0.4 is 15.2 Å². The molecule has 2 rings (SSSR count). The van der Waals surface area contributed by atoms with Crippen molar-refractivity contribution in [2.45, 2.75) is 32.5 Å². The van der Waals surface area contributed by atoms with Crippen LogP contribution in [0.15, 0.2) is 18.2 Å². The molecule has 3 heteroatoms. The van der Waals surface area contributed by atoms with Gasteiger partial charge < -0.3 is 15.2 Å². The smallest absolute Gasteiger partial charge is 0.251 e. The van der Waals surface area contributed by atoms with Crippen molar-refractivity contribution in [3.8, 4) is 11.5 Å². The van der Waals surface area contributed by atoms with Crippen molar-refractivity contribution in [3.63, 3.8) is 0 Å². The molecule has 0 radical (unpaired) electrons. The Hall–Kier alpha value is -1.38. The van der Waals surface area contributed by atoms with Gasteiger partial charge in [0.15, 0.2) is 11.5 Å². The molecule has 1 aliphatic heterocycles. The lowest BCUT2D eigenvalue weighted by Crippen LogP contribution is -2.36. The highest BCUT2D eigenvalue weighted by Gasteiger charge is 2.37. The van der Waals surface area contributed by atoms with E-state index in [2.05, 4.69) is 13.8 Å². The average Bonchev–Trinajstić information content (AvgIpc) is 2.56. The monoisotopic (exact) mass is 193 g/mol. The first-order chi connectivity index (χ1) is 6.69. The van der Waals surface area contributed by atoms with Crippen LogP contribution in [0.5, 0.6) is 11.5 Å². The molecule has 0 bridgehead atoms. The first-order valence-electron chi connectivity index (χ1n) is 4.96. The summed E-state index contributed by atoms with van der Waals surface area (Å²) in [5.74, 6) is 1.08. The number of benzene rings is 1. The van der Waals surface area contributed by atoms with Gasteiger partial charge in [-0.25, -0.2) is 0 Å². The average molecular weight is 193 g/mol. The summed E-state index contributed by atoms with van der Waals surface area (Å²) in [5.41, 5.74) is 6.37. The van der Waals surface area contributed by atoms with E-state index in [1.807, 2.05) is 18.2 Å². The Morgan fingerprint density at radius 2 is 1.79 bits per heavy atom. The predicted octanol–water partition coefficient (Wildman–Crippen LogP) is 2.56. The zero-order chi connectivity index (χ0) is 10.2. The Morgan fingerprint density at radius 3 is 2.43 bits per heavy atom. The van der Waals surface area contributed by atoms with Crippen LogP contribution in [-0.2, 0) is 0 Å². The zero-order valence-electron chi connectivity index (χ0n) is 8.54. The minimum Gasteiger partial charge on any atom is -0.448 e. The van der Waals surface area contributed by atoms with Crippen molar-refractivity contribution in [2.24, 2.45) is 0 Å². The minimum atomic E-state index is -0.476. The summed E-state index contributed by atoms with van der Waals surface area (Å²) in [6, 6.07) is 5.49. The van der Waals surface area contributed by atoms with E-state index in [4.69, 9.17) is 15.2 Å². The maximum Gasteiger partial charge on any atom is 0.251 e. The summed E-state index contributed by atoms with van der Waals surface area (Å²) in [7, 11) is 0. The Balaban J connectivity index is 2.33. The maximum atomic E-state index is 5.77. The molecular formula is C11H15NO2. The normalized spacial score (nSPS) is 17.0. The molecule has 14 heavy (non-hydrogen) atoms. The Labute approximate surface area is 83.8 Å². The summed E-state index contributed by atoms with van der Waals surface area (Å²) in [5, 5.41) is 0. The summed E-state index contributed by atoms with van der Waals surface area (Å²) in [6.45, 7) is 4.11. The van der Waals surface area contributed by atoms with E-state index in [-0.39, 0.29) is 0 Å². The molecule has 0 spiro atoms. The van der Waals surface area contributed by atoms with Crippen LogP contribution in [-0.4, -0.2) is 5.79 Å². The summed E-state index contributed by atoms with van der Waals surface area (Å²) in [4.78, 5) is 0. The molecule has 76 valence electrons. The molecule has 0 amide bonds. The van der Waals surface area contributed by atoms with Gasteiger partial charge in [-0.1, -0.05) is 13.8 Å². The molecule has 1 aromatic rings. The second-order valence-electron chi connectivity index (χ2n) is 3.53. The van der Waals surface area contributed by atoms with Gasteiger partial charge in [0.05, 0.1) is 0 Å². The highest BCUT2D eigenvalue weighted by Crippen LogP contribution is 2.42. The molecule has 0 saturated heterocycles. The Bertz CT molecular complexity index is 345. The fourth-order valence-corrected chi connectivity index (χ4v) is 1.65. The standard InChI is InChI=1S/C11H15NO2/c1-3-11(4-2)13-9-6-5-8(12)7-10(9)14-11/h5-7H,3-4,12H2,1-2H3. The van der Waals surface area contributed by atoms with E-state index >= 15 is 0 Å². The van der Waals surface area contributed by atoms with Gasteiger partial charge in [-0.15, -0.1) is 0 Å². The van der Waals surface area contributed by atoms with Crippen LogP contribution in [0.25, 0.3) is 0 Å². The molecule has 1 heterocycles. The Kier molecular flexibility index (Phi) is 2.02.